The van der Waals surface area contributed by atoms with Gasteiger partial charge in [-0.2, -0.15) is 0 Å². The lowest BCUT2D eigenvalue weighted by Gasteiger charge is -2.35. The molecule has 1 N–H and O–H groups in total. The zero-order valence-corrected chi connectivity index (χ0v) is 23.5. The van der Waals surface area contributed by atoms with Gasteiger partial charge in [-0.3, -0.25) is 9.69 Å². The third-order valence-corrected chi connectivity index (χ3v) is 7.97. The van der Waals surface area contributed by atoms with E-state index in [2.05, 4.69) is 9.47 Å². The number of fused-ring (bicyclic) bond motifs is 1. The number of halogens is 1. The molecule has 6 rings (SSSR count). The van der Waals surface area contributed by atoms with Crippen LogP contribution in [0.2, 0.25) is 5.02 Å². The minimum Gasteiger partial charge on any atom is -0.478 e. The van der Waals surface area contributed by atoms with Gasteiger partial charge < -0.3 is 24.0 Å². The summed E-state index contributed by atoms with van der Waals surface area (Å²) in [7, 11) is 0. The predicted molar refractivity (Wildman–Crippen MR) is 155 cm³/mol. The van der Waals surface area contributed by atoms with Crippen molar-refractivity contribution in [3.63, 3.8) is 0 Å². The zero-order valence-electron chi connectivity index (χ0n) is 22.8. The maximum atomic E-state index is 13.3. The number of imidazole rings is 1. The summed E-state index contributed by atoms with van der Waals surface area (Å²) >= 11 is 6.32. The molecule has 3 aromatic carbocycles. The number of hydrogen-bond donors (Lipinski definition) is 1. The molecule has 2 aliphatic heterocycles. The summed E-state index contributed by atoms with van der Waals surface area (Å²) in [6.45, 7) is 6.52. The van der Waals surface area contributed by atoms with Gasteiger partial charge in [0.05, 0.1) is 40.8 Å². The summed E-state index contributed by atoms with van der Waals surface area (Å²) in [5.41, 5.74) is 3.42. The third-order valence-electron chi connectivity index (χ3n) is 7.67. The van der Waals surface area contributed by atoms with Crippen molar-refractivity contribution < 1.29 is 24.2 Å². The Kier molecular flexibility index (Phi) is 7.66. The van der Waals surface area contributed by atoms with E-state index in [9.17, 15) is 14.7 Å². The molecule has 1 amide bonds. The fourth-order valence-electron chi connectivity index (χ4n) is 5.26. The number of carboxylic acid groups (broad SMARTS) is 1. The van der Waals surface area contributed by atoms with Crippen molar-refractivity contribution in [3.05, 3.63) is 88.2 Å². The van der Waals surface area contributed by atoms with Gasteiger partial charge in [0.1, 0.15) is 17.3 Å². The SMILES string of the molecule is Cc1ccc(Oc2cccc(C(=O)N3CCN(Cc4nc5ccc(C(=O)O)cc5n4C[C@@H]4CCO4)CC3)c2)c(Cl)c1. The standard InChI is InChI=1S/C31H31ClN4O5/c1-20-5-8-28(25(32)15-20)41-23-4-2-3-21(16-23)30(37)35-12-10-34(11-13-35)19-29-33-26-7-6-22(31(38)39)17-27(26)36(29)18-24-9-14-40-24/h2-8,15-17,24H,9-14,18-19H2,1H3,(H,38,39)/t24-/m0/s1. The maximum absolute atomic E-state index is 13.3. The van der Waals surface area contributed by atoms with Crippen LogP contribution in [0.5, 0.6) is 11.5 Å². The number of carboxylic acids is 1. The predicted octanol–water partition coefficient (Wildman–Crippen LogP) is 5.24. The van der Waals surface area contributed by atoms with Crippen molar-refractivity contribution in [3.8, 4) is 11.5 Å². The van der Waals surface area contributed by atoms with E-state index in [1.807, 2.05) is 42.2 Å². The molecule has 10 heteroatoms. The summed E-state index contributed by atoms with van der Waals surface area (Å²) in [6.07, 6.45) is 1.08. The van der Waals surface area contributed by atoms with Crippen LogP contribution in [0.4, 0.5) is 0 Å². The number of ether oxygens (including phenoxy) is 2. The van der Waals surface area contributed by atoms with Gasteiger partial charge in [0.2, 0.25) is 0 Å². The first-order valence-electron chi connectivity index (χ1n) is 13.7. The summed E-state index contributed by atoms with van der Waals surface area (Å²) < 4.78 is 13.7. The largest absolute Gasteiger partial charge is 0.478 e. The summed E-state index contributed by atoms with van der Waals surface area (Å²) in [4.78, 5) is 33.9. The molecule has 41 heavy (non-hydrogen) atoms. The maximum Gasteiger partial charge on any atom is 0.335 e. The number of carbonyl (C=O) groups excluding carboxylic acids is 1. The number of rotatable bonds is 8. The topological polar surface area (TPSA) is 97.1 Å². The van der Waals surface area contributed by atoms with E-state index < -0.39 is 5.97 Å². The molecule has 0 bridgehead atoms. The van der Waals surface area contributed by atoms with E-state index in [1.54, 1.807) is 30.3 Å². The second-order valence-corrected chi connectivity index (χ2v) is 11.0. The smallest absolute Gasteiger partial charge is 0.335 e. The number of piperazine rings is 1. The van der Waals surface area contributed by atoms with Crippen LogP contribution < -0.4 is 4.74 Å². The summed E-state index contributed by atoms with van der Waals surface area (Å²) in [6, 6.07) is 17.8. The van der Waals surface area contributed by atoms with Crippen molar-refractivity contribution >= 4 is 34.5 Å². The van der Waals surface area contributed by atoms with E-state index in [0.717, 1.165) is 35.4 Å². The number of carbonyl (C=O) groups is 2. The Morgan fingerprint density at radius 3 is 2.56 bits per heavy atom. The highest BCUT2D eigenvalue weighted by Crippen LogP contribution is 2.31. The number of hydrogen-bond acceptors (Lipinski definition) is 6. The molecule has 0 saturated carbocycles. The van der Waals surface area contributed by atoms with Crippen molar-refractivity contribution in [1.82, 2.24) is 19.4 Å². The Morgan fingerprint density at radius 1 is 1.05 bits per heavy atom. The quantitative estimate of drug-likeness (QED) is 0.307. The number of aromatic nitrogens is 2. The first-order chi connectivity index (χ1) is 19.8. The van der Waals surface area contributed by atoms with E-state index in [1.165, 1.54) is 0 Å². The minimum absolute atomic E-state index is 0.0410. The van der Waals surface area contributed by atoms with E-state index in [0.29, 0.717) is 61.4 Å². The fourth-order valence-corrected chi connectivity index (χ4v) is 5.54. The fraction of sp³-hybridized carbons (Fsp3) is 0.323. The van der Waals surface area contributed by atoms with E-state index in [4.69, 9.17) is 26.1 Å². The third kappa shape index (κ3) is 5.93. The van der Waals surface area contributed by atoms with Gasteiger partial charge in [-0.1, -0.05) is 23.7 Å². The van der Waals surface area contributed by atoms with Gasteiger partial charge >= 0.3 is 5.97 Å². The molecule has 0 spiro atoms. The summed E-state index contributed by atoms with van der Waals surface area (Å²) in [5.74, 6) is 0.973. The highest BCUT2D eigenvalue weighted by molar-refractivity contribution is 6.32. The molecular formula is C31H31ClN4O5. The first-order valence-corrected chi connectivity index (χ1v) is 14.1. The number of benzene rings is 3. The van der Waals surface area contributed by atoms with E-state index >= 15 is 0 Å². The average Bonchev–Trinajstić information content (AvgIpc) is 3.28. The van der Waals surface area contributed by atoms with Gasteiger partial charge in [0, 0.05) is 38.3 Å². The molecule has 1 aromatic heterocycles. The number of aromatic carboxylic acids is 1. The Balaban J connectivity index is 1.12. The van der Waals surface area contributed by atoms with Crippen molar-refractivity contribution in [2.45, 2.75) is 32.5 Å². The van der Waals surface area contributed by atoms with Crippen molar-refractivity contribution in [1.29, 1.82) is 0 Å². The Bertz CT molecular complexity index is 1610. The highest BCUT2D eigenvalue weighted by atomic mass is 35.5. The second-order valence-electron chi connectivity index (χ2n) is 10.6. The Hall–Kier alpha value is -3.92. The van der Waals surface area contributed by atoms with Gasteiger partial charge in [0.15, 0.2) is 0 Å². The van der Waals surface area contributed by atoms with Crippen LogP contribution in [-0.4, -0.2) is 75.2 Å². The lowest BCUT2D eigenvalue weighted by atomic mass is 10.1. The molecule has 2 saturated heterocycles. The molecule has 1 atom stereocenters. The highest BCUT2D eigenvalue weighted by Gasteiger charge is 2.26. The number of nitrogens with zero attached hydrogens (tertiary/aromatic N) is 4. The zero-order chi connectivity index (χ0) is 28.5. The number of aryl methyl sites for hydroxylation is 1. The molecule has 0 aliphatic carbocycles. The molecule has 2 aliphatic rings. The first kappa shape index (κ1) is 27.3. The molecule has 4 aromatic rings. The molecule has 9 nitrogen and oxygen atoms in total. The van der Waals surface area contributed by atoms with Gasteiger partial charge in [-0.25, -0.2) is 9.78 Å². The normalized spacial score (nSPS) is 17.4. The lowest BCUT2D eigenvalue weighted by molar-refractivity contribution is -0.0592. The lowest BCUT2D eigenvalue weighted by Crippen LogP contribution is -2.48. The van der Waals surface area contributed by atoms with Crippen LogP contribution in [0, 0.1) is 6.92 Å². The van der Waals surface area contributed by atoms with Crippen LogP contribution in [0.3, 0.4) is 0 Å². The molecular weight excluding hydrogens is 544 g/mol. The van der Waals surface area contributed by atoms with Gasteiger partial charge in [0.25, 0.3) is 5.91 Å². The second kappa shape index (κ2) is 11.5. The van der Waals surface area contributed by atoms with Crippen LogP contribution >= 0.6 is 11.6 Å². The Labute approximate surface area is 242 Å². The molecule has 3 heterocycles. The Morgan fingerprint density at radius 2 is 1.85 bits per heavy atom. The monoisotopic (exact) mass is 574 g/mol. The van der Waals surface area contributed by atoms with E-state index in [-0.39, 0.29) is 17.6 Å². The van der Waals surface area contributed by atoms with Crippen LogP contribution in [0.15, 0.2) is 60.7 Å². The van der Waals surface area contributed by atoms with Crippen LogP contribution in [0.25, 0.3) is 11.0 Å². The molecule has 212 valence electrons. The van der Waals surface area contributed by atoms with Gasteiger partial charge in [-0.05, 0) is 67.4 Å². The minimum atomic E-state index is -0.960. The van der Waals surface area contributed by atoms with Crippen LogP contribution in [-0.2, 0) is 17.8 Å². The molecule has 0 unspecified atom stereocenters. The van der Waals surface area contributed by atoms with Gasteiger partial charge in [-0.15, -0.1) is 0 Å². The summed E-state index contributed by atoms with van der Waals surface area (Å²) in [5, 5.41) is 10.0. The molecule has 0 radical (unpaired) electrons. The average molecular weight is 575 g/mol. The van der Waals surface area contributed by atoms with Crippen molar-refractivity contribution in [2.24, 2.45) is 0 Å². The molecule has 2 fully saturated rings. The van der Waals surface area contributed by atoms with Crippen molar-refractivity contribution in [2.75, 3.05) is 32.8 Å². The van der Waals surface area contributed by atoms with Crippen LogP contribution in [0.1, 0.15) is 38.5 Å². The number of amides is 1.